The lowest BCUT2D eigenvalue weighted by molar-refractivity contribution is -0.137. The molecule has 228 valence electrons. The van der Waals surface area contributed by atoms with Crippen LogP contribution in [0.2, 0.25) is 0 Å². The summed E-state index contributed by atoms with van der Waals surface area (Å²) in [6.45, 7) is 1.14. The van der Waals surface area contributed by atoms with Gasteiger partial charge in [-0.2, -0.15) is 13.2 Å². The fourth-order valence-corrected chi connectivity index (χ4v) is 4.45. The van der Waals surface area contributed by atoms with Crippen molar-refractivity contribution in [3.05, 3.63) is 123 Å². The normalized spacial score (nSPS) is 12.0. The number of nitrogens with one attached hydrogen (secondary N) is 3. The Labute approximate surface area is 249 Å². The molecule has 1 aromatic heterocycles. The van der Waals surface area contributed by atoms with Crippen LogP contribution in [0.1, 0.15) is 44.3 Å². The number of anilines is 1. The van der Waals surface area contributed by atoms with Crippen LogP contribution in [-0.4, -0.2) is 42.3 Å². The molecular weight excluding hydrogens is 580 g/mol. The number of hydrogen-bond donors (Lipinski definition) is 3. The van der Waals surface area contributed by atoms with Crippen molar-refractivity contribution in [3.8, 4) is 11.3 Å². The number of halogens is 4. The second-order valence-corrected chi connectivity index (χ2v) is 9.94. The van der Waals surface area contributed by atoms with Gasteiger partial charge in [-0.05, 0) is 91.8 Å². The number of aromatic nitrogens is 1. The summed E-state index contributed by atoms with van der Waals surface area (Å²) in [6, 6.07) is 15.6. The number of benzene rings is 3. The summed E-state index contributed by atoms with van der Waals surface area (Å²) in [6.07, 6.45) is -4.83. The highest BCUT2D eigenvalue weighted by molar-refractivity contribution is 6.09. The van der Waals surface area contributed by atoms with Crippen LogP contribution in [-0.2, 0) is 17.5 Å². The van der Waals surface area contributed by atoms with Crippen LogP contribution in [0, 0.1) is 5.82 Å². The van der Waals surface area contributed by atoms with Crippen LogP contribution in [0.5, 0.6) is 0 Å². The first-order chi connectivity index (χ1) is 20.8. The molecule has 12 heteroatoms. The third-order valence-electron chi connectivity index (χ3n) is 6.94. The van der Waals surface area contributed by atoms with Crippen molar-refractivity contribution >= 4 is 23.3 Å². The number of nitrogens with zero attached hydrogens (tertiary/aromatic N) is 1. The Balaban J connectivity index is 1.89. The Kier molecular flexibility index (Phi) is 9.43. The minimum absolute atomic E-state index is 0.0242. The maximum Gasteiger partial charge on any atom is 0.416 e. The first-order valence-electron chi connectivity index (χ1n) is 13.4. The van der Waals surface area contributed by atoms with E-state index in [9.17, 15) is 36.7 Å². The molecule has 0 bridgehead atoms. The highest BCUT2D eigenvalue weighted by atomic mass is 19.4. The molecule has 0 spiro atoms. The summed E-state index contributed by atoms with van der Waals surface area (Å²) in [5, 5.41) is 7.79. The molecule has 0 saturated carbocycles. The zero-order valence-corrected chi connectivity index (χ0v) is 23.9. The fraction of sp³-hybridized carbons (Fsp3) is 0.188. The molecule has 4 rings (SSSR count). The zero-order chi connectivity index (χ0) is 32.2. The Bertz CT molecular complexity index is 1780. The maximum absolute atomic E-state index is 14.0. The predicted molar refractivity (Wildman–Crippen MR) is 157 cm³/mol. The van der Waals surface area contributed by atoms with Gasteiger partial charge in [0, 0.05) is 23.7 Å². The molecule has 4 aromatic rings. The first-order valence-corrected chi connectivity index (χ1v) is 13.4. The topological polar surface area (TPSA) is 109 Å². The SMILES string of the molecule is CNC(=O)c1cccc(-c2ccc(NC(=O)[C@H](C)NC)c(=O)n2Cc2cc(C(=O)c3ccc(F)cc3)cc(C(F)(F)F)c2)c1. The fourth-order valence-electron chi connectivity index (χ4n) is 4.45. The molecule has 0 aliphatic heterocycles. The van der Waals surface area contributed by atoms with Crippen molar-refractivity contribution < 1.29 is 31.9 Å². The largest absolute Gasteiger partial charge is 0.416 e. The molecule has 3 aromatic carbocycles. The Morgan fingerprint density at radius 1 is 0.864 bits per heavy atom. The second-order valence-electron chi connectivity index (χ2n) is 9.94. The van der Waals surface area contributed by atoms with Crippen molar-refractivity contribution in [2.75, 3.05) is 19.4 Å². The smallest absolute Gasteiger partial charge is 0.355 e. The number of pyridine rings is 1. The van der Waals surface area contributed by atoms with Gasteiger partial charge in [0.15, 0.2) is 5.78 Å². The third kappa shape index (κ3) is 7.09. The maximum atomic E-state index is 14.0. The summed E-state index contributed by atoms with van der Waals surface area (Å²) in [4.78, 5) is 51.7. The number of carbonyl (C=O) groups excluding carboxylic acids is 3. The highest BCUT2D eigenvalue weighted by Crippen LogP contribution is 2.32. The van der Waals surface area contributed by atoms with Crippen LogP contribution >= 0.6 is 0 Å². The molecule has 44 heavy (non-hydrogen) atoms. The van der Waals surface area contributed by atoms with Crippen LogP contribution in [0.3, 0.4) is 0 Å². The van der Waals surface area contributed by atoms with Crippen LogP contribution in [0.4, 0.5) is 23.2 Å². The monoisotopic (exact) mass is 608 g/mol. The molecule has 0 radical (unpaired) electrons. The molecule has 1 atom stereocenters. The van der Waals surface area contributed by atoms with Gasteiger partial charge in [-0.15, -0.1) is 0 Å². The number of alkyl halides is 3. The quantitative estimate of drug-likeness (QED) is 0.186. The van der Waals surface area contributed by atoms with E-state index in [1.54, 1.807) is 32.2 Å². The van der Waals surface area contributed by atoms with Crippen molar-refractivity contribution in [1.82, 2.24) is 15.2 Å². The predicted octanol–water partition coefficient (Wildman–Crippen LogP) is 4.86. The molecule has 0 aliphatic rings. The van der Waals surface area contributed by atoms with Gasteiger partial charge < -0.3 is 20.5 Å². The van der Waals surface area contributed by atoms with Crippen molar-refractivity contribution in [2.24, 2.45) is 0 Å². The Morgan fingerprint density at radius 2 is 1.57 bits per heavy atom. The lowest BCUT2D eigenvalue weighted by Crippen LogP contribution is -2.37. The van der Waals surface area contributed by atoms with Gasteiger partial charge in [-0.1, -0.05) is 12.1 Å². The number of carbonyl (C=O) groups is 3. The summed E-state index contributed by atoms with van der Waals surface area (Å²) in [5.74, 6) is -2.30. The molecule has 0 unspecified atom stereocenters. The summed E-state index contributed by atoms with van der Waals surface area (Å²) in [5.41, 5.74) is -1.44. The average Bonchev–Trinajstić information content (AvgIpc) is 3.01. The minimum atomic E-state index is -4.83. The van der Waals surface area contributed by atoms with Gasteiger partial charge in [-0.3, -0.25) is 19.2 Å². The molecule has 2 amide bonds. The molecule has 8 nitrogen and oxygen atoms in total. The summed E-state index contributed by atoms with van der Waals surface area (Å²) < 4.78 is 56.5. The standard InChI is InChI=1S/C32H28F4N4O4/c1-18(37-2)29(42)39-26-11-12-27(21-5-4-6-22(15-21)30(43)38-3)40(31(26)44)17-19-13-23(16-24(14-19)32(34,35)36)28(41)20-7-9-25(33)10-8-20/h4-16,18,37H,17H2,1-3H3,(H,38,43)(H,39,42)/t18-/m0/s1. The van der Waals surface area contributed by atoms with E-state index in [1.165, 1.54) is 31.3 Å². The molecular formula is C32H28F4N4O4. The summed E-state index contributed by atoms with van der Waals surface area (Å²) in [7, 11) is 3.01. The molecule has 0 saturated heterocycles. The van der Waals surface area contributed by atoms with Crippen LogP contribution in [0.15, 0.2) is 83.7 Å². The molecule has 1 heterocycles. The van der Waals surface area contributed by atoms with E-state index in [1.807, 2.05) is 0 Å². The lowest BCUT2D eigenvalue weighted by Gasteiger charge is -2.18. The molecule has 0 aliphatic carbocycles. The van der Waals surface area contributed by atoms with E-state index in [2.05, 4.69) is 16.0 Å². The average molecular weight is 609 g/mol. The van der Waals surface area contributed by atoms with Gasteiger partial charge in [0.25, 0.3) is 11.5 Å². The van der Waals surface area contributed by atoms with Crippen molar-refractivity contribution in [3.63, 3.8) is 0 Å². The van der Waals surface area contributed by atoms with Crippen molar-refractivity contribution in [1.29, 1.82) is 0 Å². The Morgan fingerprint density at radius 3 is 2.20 bits per heavy atom. The summed E-state index contributed by atoms with van der Waals surface area (Å²) >= 11 is 0. The zero-order valence-electron chi connectivity index (χ0n) is 23.9. The van der Waals surface area contributed by atoms with Crippen LogP contribution < -0.4 is 21.5 Å². The minimum Gasteiger partial charge on any atom is -0.355 e. The van der Waals surface area contributed by atoms with E-state index < -0.39 is 53.3 Å². The third-order valence-corrected chi connectivity index (χ3v) is 6.94. The van der Waals surface area contributed by atoms with Gasteiger partial charge in [0.2, 0.25) is 5.91 Å². The second kappa shape index (κ2) is 13.0. The first kappa shape index (κ1) is 31.8. The van der Waals surface area contributed by atoms with Gasteiger partial charge in [-0.25, -0.2) is 4.39 Å². The number of likely N-dealkylation sites (N-methyl/N-ethyl adjacent to an activating group) is 1. The van der Waals surface area contributed by atoms with Gasteiger partial charge >= 0.3 is 6.18 Å². The van der Waals surface area contributed by atoms with E-state index in [4.69, 9.17) is 0 Å². The van der Waals surface area contributed by atoms with Crippen LogP contribution in [0.25, 0.3) is 11.3 Å². The van der Waals surface area contributed by atoms with Gasteiger partial charge in [0.1, 0.15) is 11.5 Å². The number of ketones is 1. The van der Waals surface area contributed by atoms with Gasteiger partial charge in [0.05, 0.1) is 23.8 Å². The Hall–Kier alpha value is -5.10. The number of amides is 2. The highest BCUT2D eigenvalue weighted by Gasteiger charge is 2.32. The van der Waals surface area contributed by atoms with E-state index in [0.29, 0.717) is 11.6 Å². The number of rotatable bonds is 9. The van der Waals surface area contributed by atoms with Crippen molar-refractivity contribution in [2.45, 2.75) is 25.7 Å². The van der Waals surface area contributed by atoms with E-state index in [0.717, 1.165) is 34.9 Å². The molecule has 3 N–H and O–H groups in total. The lowest BCUT2D eigenvalue weighted by atomic mass is 9.98. The van der Waals surface area contributed by atoms with E-state index >= 15 is 0 Å². The van der Waals surface area contributed by atoms with E-state index in [-0.39, 0.29) is 33.6 Å². The number of hydrogen-bond acceptors (Lipinski definition) is 5. The molecule has 0 fully saturated rings.